The van der Waals surface area contributed by atoms with Gasteiger partial charge in [0.25, 0.3) is 0 Å². The molecule has 0 aromatic heterocycles. The van der Waals surface area contributed by atoms with Gasteiger partial charge in [-0.05, 0) is 0 Å². The van der Waals surface area contributed by atoms with Crippen LogP contribution < -0.4 is 4.49 Å². The molecule has 0 rings (SSSR count). The van der Waals surface area contributed by atoms with E-state index in [0.29, 0.717) is 0 Å². The van der Waals surface area contributed by atoms with Crippen LogP contribution in [0.2, 0.25) is 0 Å². The van der Waals surface area contributed by atoms with Crippen LogP contribution in [0.1, 0.15) is 0 Å². The fourth-order valence-corrected chi connectivity index (χ4v) is 1.12. The van der Waals surface area contributed by atoms with E-state index in [1.807, 2.05) is 4.49 Å². The number of hydrogen-bond acceptors (Lipinski definition) is 4. The average molecular weight is 198 g/mol. The smallest absolute Gasteiger partial charge is 0.237 e. The maximum absolute atomic E-state index is 10.4. The monoisotopic (exact) mass is 197 g/mol. The van der Waals surface area contributed by atoms with Gasteiger partial charge in [0.1, 0.15) is 0 Å². The average Bonchev–Trinajstić information content (AvgIpc) is 1.87. The SMILES string of the molecule is O=P(NS)(OCl)OCl. The fraction of sp³-hybridized carbons (Fsp3) is 0. The third-order valence-electron chi connectivity index (χ3n) is 0.304. The maximum atomic E-state index is 10.4. The van der Waals surface area contributed by atoms with Crippen LogP contribution in [0.15, 0.2) is 0 Å². The van der Waals surface area contributed by atoms with E-state index in [4.69, 9.17) is 0 Å². The Hall–Kier alpha value is 1.04. The first-order chi connectivity index (χ1) is 3.68. The minimum atomic E-state index is -3.52. The second-order valence-corrected chi connectivity index (χ2v) is 3.63. The lowest BCUT2D eigenvalue weighted by molar-refractivity contribution is 0.413. The van der Waals surface area contributed by atoms with Crippen molar-refractivity contribution in [3.63, 3.8) is 0 Å². The second kappa shape index (κ2) is 3.95. The Kier molecular flexibility index (Phi) is 4.47. The zero-order valence-corrected chi connectivity index (χ0v) is 6.68. The zero-order chi connectivity index (χ0) is 6.62. The van der Waals surface area contributed by atoms with Gasteiger partial charge in [0, 0.05) is 0 Å². The van der Waals surface area contributed by atoms with Gasteiger partial charge < -0.3 is 0 Å². The normalized spacial score (nSPS) is 11.9. The molecule has 0 radical (unpaired) electrons. The summed E-state index contributed by atoms with van der Waals surface area (Å²) in [5.41, 5.74) is 0. The minimum absolute atomic E-state index is 1.82. The number of rotatable bonds is 3. The molecule has 0 amide bonds. The van der Waals surface area contributed by atoms with Crippen LogP contribution in [0.3, 0.4) is 0 Å². The van der Waals surface area contributed by atoms with Gasteiger partial charge in [0.05, 0.1) is 23.7 Å². The maximum Gasteiger partial charge on any atom is 0.447 e. The van der Waals surface area contributed by atoms with Crippen molar-refractivity contribution < 1.29 is 12.7 Å². The highest BCUT2D eigenvalue weighted by atomic mass is 35.5. The predicted molar refractivity (Wildman–Crippen MR) is 33.6 cm³/mol. The summed E-state index contributed by atoms with van der Waals surface area (Å²) in [4.78, 5) is 0. The second-order valence-electron chi connectivity index (χ2n) is 0.735. The molecule has 0 unspecified atom stereocenters. The van der Waals surface area contributed by atoms with Gasteiger partial charge in [-0.15, -0.1) is 0 Å². The van der Waals surface area contributed by atoms with E-state index in [9.17, 15) is 4.57 Å². The lowest BCUT2D eigenvalue weighted by Crippen LogP contribution is -1.94. The summed E-state index contributed by atoms with van der Waals surface area (Å²) in [5, 5.41) is 0. The summed E-state index contributed by atoms with van der Waals surface area (Å²) in [5.74, 6) is 0. The zero-order valence-electron chi connectivity index (χ0n) is 3.38. The third kappa shape index (κ3) is 2.55. The number of hydrogen-bond donors (Lipinski definition) is 2. The molecule has 8 heteroatoms. The van der Waals surface area contributed by atoms with Crippen LogP contribution in [0.4, 0.5) is 0 Å². The molecule has 0 aromatic rings. The minimum Gasteiger partial charge on any atom is -0.237 e. The highest BCUT2D eigenvalue weighted by Gasteiger charge is 2.21. The van der Waals surface area contributed by atoms with E-state index in [0.717, 1.165) is 0 Å². The molecule has 0 atom stereocenters. The summed E-state index contributed by atoms with van der Waals surface area (Å²) >= 11 is 12.6. The molecule has 0 aliphatic carbocycles. The molecular weight excluding hydrogens is 196 g/mol. The molecule has 0 aromatic carbocycles. The molecule has 0 bridgehead atoms. The van der Waals surface area contributed by atoms with Crippen molar-refractivity contribution in [1.82, 2.24) is 4.49 Å². The first kappa shape index (κ1) is 9.04. The number of nitrogens with one attached hydrogen (secondary N) is 1. The fourth-order valence-electron chi connectivity index (χ4n) is 0.0415. The van der Waals surface area contributed by atoms with Gasteiger partial charge in [-0.3, -0.25) is 0 Å². The molecule has 0 heterocycles. The molecule has 0 fully saturated rings. The summed E-state index contributed by atoms with van der Waals surface area (Å²) in [6.07, 6.45) is 0. The van der Waals surface area contributed by atoms with Crippen LogP contribution in [0.5, 0.6) is 0 Å². The van der Waals surface area contributed by atoms with E-state index in [2.05, 4.69) is 44.7 Å². The van der Waals surface area contributed by atoms with Gasteiger partial charge >= 0.3 is 7.75 Å². The number of thiol groups is 1. The summed E-state index contributed by atoms with van der Waals surface area (Å²) in [6, 6.07) is 0. The Bertz CT molecular complexity index is 88.4. The molecule has 0 aliphatic rings. The van der Waals surface area contributed by atoms with Crippen LogP contribution in [-0.2, 0) is 12.7 Å². The molecule has 1 N–H and O–H groups in total. The van der Waals surface area contributed by atoms with E-state index < -0.39 is 7.75 Å². The van der Waals surface area contributed by atoms with E-state index in [1.165, 1.54) is 0 Å². The van der Waals surface area contributed by atoms with Gasteiger partial charge in [0.2, 0.25) is 0 Å². The molecule has 0 aliphatic heterocycles. The van der Waals surface area contributed by atoms with Gasteiger partial charge in [0.15, 0.2) is 0 Å². The van der Waals surface area contributed by atoms with Crippen molar-refractivity contribution in [3.8, 4) is 0 Å². The van der Waals surface area contributed by atoms with Crippen LogP contribution in [0.25, 0.3) is 0 Å². The first-order valence-electron chi connectivity index (χ1n) is 1.30. The van der Waals surface area contributed by atoms with Crippen LogP contribution in [0, 0.1) is 0 Å². The quantitative estimate of drug-likeness (QED) is 0.536. The highest BCUT2D eigenvalue weighted by Crippen LogP contribution is 2.46. The van der Waals surface area contributed by atoms with Crippen molar-refractivity contribution in [3.05, 3.63) is 0 Å². The standard InChI is InChI=1S/Cl2H2NO3PS/c1-5-7(4,3-8)6-2/h8H,(H,3,4). The van der Waals surface area contributed by atoms with E-state index in [1.54, 1.807) is 0 Å². The first-order valence-corrected chi connectivity index (χ1v) is 3.91. The highest BCUT2D eigenvalue weighted by molar-refractivity contribution is 7.85. The summed E-state index contributed by atoms with van der Waals surface area (Å²) in [7, 11) is -3.52. The van der Waals surface area contributed by atoms with Gasteiger partial charge in [-0.2, -0.15) is 12.6 Å². The molecule has 50 valence electrons. The van der Waals surface area contributed by atoms with Crippen molar-refractivity contribution >= 4 is 44.3 Å². The number of halogens is 2. The molecule has 4 nitrogen and oxygen atoms in total. The largest absolute Gasteiger partial charge is 0.447 e. The molecular formula is H2Cl2NO3PS. The Balaban J connectivity index is 3.79. The molecule has 0 saturated carbocycles. The Morgan fingerprint density at radius 2 is 1.88 bits per heavy atom. The van der Waals surface area contributed by atoms with Crippen molar-refractivity contribution in [1.29, 1.82) is 0 Å². The van der Waals surface area contributed by atoms with Gasteiger partial charge in [-0.1, -0.05) is 12.8 Å². The van der Waals surface area contributed by atoms with Crippen LogP contribution >= 0.6 is 44.3 Å². The Morgan fingerprint density at radius 1 is 1.50 bits per heavy atom. The van der Waals surface area contributed by atoms with Crippen molar-refractivity contribution in [2.24, 2.45) is 0 Å². The van der Waals surface area contributed by atoms with E-state index >= 15 is 0 Å². The van der Waals surface area contributed by atoms with Crippen LogP contribution in [-0.4, -0.2) is 0 Å². The lowest BCUT2D eigenvalue weighted by atomic mass is 13.9. The summed E-state index contributed by atoms with van der Waals surface area (Å²) in [6.45, 7) is 0. The topological polar surface area (TPSA) is 47.6 Å². The molecule has 0 saturated heterocycles. The third-order valence-corrected chi connectivity index (χ3v) is 2.74. The lowest BCUT2D eigenvalue weighted by Gasteiger charge is -2.03. The summed E-state index contributed by atoms with van der Waals surface area (Å²) < 4.78 is 19.7. The Labute approximate surface area is 61.9 Å². The Morgan fingerprint density at radius 3 is 1.88 bits per heavy atom. The van der Waals surface area contributed by atoms with E-state index in [-0.39, 0.29) is 0 Å². The predicted octanol–water partition coefficient (Wildman–Crippen LogP) is 1.87. The molecule has 0 spiro atoms. The molecule has 8 heavy (non-hydrogen) atoms. The van der Waals surface area contributed by atoms with Crippen molar-refractivity contribution in [2.75, 3.05) is 0 Å². The van der Waals surface area contributed by atoms with Gasteiger partial charge in [-0.25, -0.2) is 4.57 Å². The van der Waals surface area contributed by atoms with Crippen molar-refractivity contribution in [2.45, 2.75) is 0 Å².